The van der Waals surface area contributed by atoms with E-state index < -0.39 is 30.4 Å². The third-order valence-corrected chi connectivity index (χ3v) is 5.46. The average Bonchev–Trinajstić information content (AvgIpc) is 2.88. The maximum Gasteiger partial charge on any atom is 0.330 e. The summed E-state index contributed by atoms with van der Waals surface area (Å²) < 4.78 is 35.7. The first kappa shape index (κ1) is 30.0. The summed E-state index contributed by atoms with van der Waals surface area (Å²) in [4.78, 5) is 43.2. The summed E-state index contributed by atoms with van der Waals surface area (Å²) in [5, 5.41) is 12.1. The van der Waals surface area contributed by atoms with Crippen LogP contribution in [0.5, 0.6) is 11.5 Å². The molecule has 0 aliphatic heterocycles. The fourth-order valence-electron chi connectivity index (χ4n) is 3.28. The van der Waals surface area contributed by atoms with Crippen molar-refractivity contribution < 1.29 is 37.7 Å². The predicted molar refractivity (Wildman–Crippen MR) is 136 cm³/mol. The quantitative estimate of drug-likeness (QED) is 0.206. The lowest BCUT2D eigenvalue weighted by Gasteiger charge is -2.25. The van der Waals surface area contributed by atoms with Crippen LogP contribution in [0.25, 0.3) is 0 Å². The van der Waals surface area contributed by atoms with E-state index in [1.165, 1.54) is 45.2 Å². The van der Waals surface area contributed by atoms with Crippen LogP contribution in [0.15, 0.2) is 47.5 Å². The number of halogens is 2. The summed E-state index contributed by atoms with van der Waals surface area (Å²) >= 11 is 0. The van der Waals surface area contributed by atoms with Crippen molar-refractivity contribution in [2.75, 3.05) is 20.7 Å². The molecule has 0 saturated heterocycles. The van der Waals surface area contributed by atoms with Crippen LogP contribution in [0.3, 0.4) is 0 Å². The van der Waals surface area contributed by atoms with Crippen LogP contribution in [0.4, 0.5) is 19.3 Å². The highest BCUT2D eigenvalue weighted by atomic mass is 19.3. The van der Waals surface area contributed by atoms with Crippen molar-refractivity contribution in [2.45, 2.75) is 39.8 Å². The molecule has 206 valence electrons. The number of hydrogen-bond donors (Lipinski definition) is 2. The molecule has 0 aliphatic rings. The highest BCUT2D eigenvalue weighted by molar-refractivity contribution is 6.00. The minimum absolute atomic E-state index is 0.0645. The van der Waals surface area contributed by atoms with Gasteiger partial charge in [-0.1, -0.05) is 19.1 Å². The van der Waals surface area contributed by atoms with E-state index in [0.29, 0.717) is 17.7 Å². The zero-order valence-electron chi connectivity index (χ0n) is 21.9. The van der Waals surface area contributed by atoms with Crippen molar-refractivity contribution in [2.24, 2.45) is 10.9 Å². The van der Waals surface area contributed by atoms with Crippen molar-refractivity contribution in [3.8, 4) is 11.5 Å². The first-order valence-corrected chi connectivity index (χ1v) is 11.7. The van der Waals surface area contributed by atoms with Crippen molar-refractivity contribution in [3.05, 3.63) is 53.6 Å². The Hall–Kier alpha value is -4.22. The smallest absolute Gasteiger partial charge is 0.330 e. The molecule has 2 aromatic rings. The van der Waals surface area contributed by atoms with Gasteiger partial charge in [0.25, 0.3) is 6.43 Å². The minimum Gasteiger partial charge on any atom is -0.508 e. The molecule has 0 aliphatic carbocycles. The van der Waals surface area contributed by atoms with Crippen molar-refractivity contribution in [1.82, 2.24) is 15.1 Å². The third kappa shape index (κ3) is 8.71. The summed E-state index contributed by atoms with van der Waals surface area (Å²) in [5.41, 5.74) is 1.72. The molecular formula is C26H32F2N4O6. The Balaban J connectivity index is 2.34. The molecule has 0 spiro atoms. The normalized spacial score (nSPS) is 12.9. The molecule has 0 heterocycles. The number of aryl methyl sites for hydroxylation is 1. The number of carbonyl (C=O) groups is 3. The number of aliphatic imine (C=N–C) groups is 1. The Kier molecular flexibility index (Phi) is 11.0. The molecule has 12 heteroatoms. The van der Waals surface area contributed by atoms with Crippen LogP contribution in [0, 0.1) is 12.8 Å². The van der Waals surface area contributed by atoms with Gasteiger partial charge in [0, 0.05) is 20.1 Å². The number of amides is 3. The molecule has 2 atom stereocenters. The molecule has 0 aromatic heterocycles. The Morgan fingerprint density at radius 3 is 2.37 bits per heavy atom. The van der Waals surface area contributed by atoms with Gasteiger partial charge in [0.1, 0.15) is 11.5 Å². The summed E-state index contributed by atoms with van der Waals surface area (Å²) in [7, 11) is 2.86. The number of esters is 1. The van der Waals surface area contributed by atoms with Gasteiger partial charge in [0.15, 0.2) is 6.10 Å². The number of imide groups is 1. The Labute approximate surface area is 219 Å². The van der Waals surface area contributed by atoms with Gasteiger partial charge in [-0.25, -0.2) is 18.6 Å². The zero-order chi connectivity index (χ0) is 28.4. The van der Waals surface area contributed by atoms with Gasteiger partial charge in [-0.3, -0.25) is 19.8 Å². The van der Waals surface area contributed by atoms with E-state index in [2.05, 4.69) is 15.0 Å². The maximum absolute atomic E-state index is 12.9. The standard InChI is InChI=1S/C26H32F2N4O6/c1-16-12-20(8-11-22(16)38-18(3)23(27)28)29-25(31(4)14-19-6-9-21(34)10-7-19)30-26(36)32(15-33)13-17(2)24(35)37-5/h6-12,15,17-18,23,34H,13-14H2,1-5H3,(H,29,30,36)/t17-,18?/m0/s1. The number of hydrogen-bond acceptors (Lipinski definition) is 7. The topological polar surface area (TPSA) is 121 Å². The molecule has 2 rings (SSSR count). The number of carbonyl (C=O) groups excluding carboxylic acids is 3. The Bertz CT molecular complexity index is 1140. The molecule has 0 fully saturated rings. The molecule has 3 amide bonds. The van der Waals surface area contributed by atoms with Gasteiger partial charge in [-0.2, -0.15) is 0 Å². The van der Waals surface area contributed by atoms with E-state index >= 15 is 0 Å². The molecule has 2 N–H and O–H groups in total. The third-order valence-electron chi connectivity index (χ3n) is 5.46. The number of methoxy groups -OCH3 is 1. The highest BCUT2D eigenvalue weighted by Gasteiger charge is 2.23. The first-order chi connectivity index (χ1) is 17.9. The lowest BCUT2D eigenvalue weighted by molar-refractivity contribution is -0.145. The van der Waals surface area contributed by atoms with E-state index in [1.807, 2.05) is 0 Å². The zero-order valence-corrected chi connectivity index (χ0v) is 21.9. The number of nitrogens with one attached hydrogen (secondary N) is 1. The molecule has 38 heavy (non-hydrogen) atoms. The second-order valence-electron chi connectivity index (χ2n) is 8.68. The van der Waals surface area contributed by atoms with Crippen LogP contribution in [0.2, 0.25) is 0 Å². The lowest BCUT2D eigenvalue weighted by Crippen LogP contribution is -2.49. The van der Waals surface area contributed by atoms with Crippen molar-refractivity contribution in [3.63, 3.8) is 0 Å². The van der Waals surface area contributed by atoms with Gasteiger partial charge in [-0.15, -0.1) is 0 Å². The number of rotatable bonds is 10. The van der Waals surface area contributed by atoms with Crippen LogP contribution < -0.4 is 10.1 Å². The number of ether oxygens (including phenoxy) is 2. The second-order valence-corrected chi connectivity index (χ2v) is 8.68. The van der Waals surface area contributed by atoms with Crippen molar-refractivity contribution in [1.29, 1.82) is 0 Å². The van der Waals surface area contributed by atoms with E-state index in [9.17, 15) is 28.3 Å². The molecule has 1 unspecified atom stereocenters. The van der Waals surface area contributed by atoms with E-state index in [4.69, 9.17) is 4.74 Å². The molecule has 2 aromatic carbocycles. The Morgan fingerprint density at radius 2 is 1.82 bits per heavy atom. The predicted octanol–water partition coefficient (Wildman–Crippen LogP) is 3.83. The number of alkyl halides is 2. The first-order valence-electron chi connectivity index (χ1n) is 11.7. The summed E-state index contributed by atoms with van der Waals surface area (Å²) in [6, 6.07) is 10.2. The lowest BCUT2D eigenvalue weighted by atomic mass is 10.2. The fourth-order valence-corrected chi connectivity index (χ4v) is 3.28. The highest BCUT2D eigenvalue weighted by Crippen LogP contribution is 2.26. The van der Waals surface area contributed by atoms with Gasteiger partial charge in [0.05, 0.1) is 18.7 Å². The minimum atomic E-state index is -2.65. The van der Waals surface area contributed by atoms with E-state index in [0.717, 1.165) is 10.5 Å². The monoisotopic (exact) mass is 534 g/mol. The number of benzene rings is 2. The summed E-state index contributed by atoms with van der Waals surface area (Å²) in [5.74, 6) is -0.906. The van der Waals surface area contributed by atoms with Crippen LogP contribution in [-0.2, 0) is 20.9 Å². The van der Waals surface area contributed by atoms with Gasteiger partial charge >= 0.3 is 12.0 Å². The van der Waals surface area contributed by atoms with Crippen LogP contribution in [0.1, 0.15) is 25.0 Å². The number of nitrogens with zero attached hydrogens (tertiary/aromatic N) is 3. The Morgan fingerprint density at radius 1 is 1.16 bits per heavy atom. The molecule has 0 bridgehead atoms. The van der Waals surface area contributed by atoms with Gasteiger partial charge in [0.2, 0.25) is 12.4 Å². The largest absolute Gasteiger partial charge is 0.508 e. The van der Waals surface area contributed by atoms with Gasteiger partial charge in [-0.05, 0) is 55.3 Å². The average molecular weight is 535 g/mol. The van der Waals surface area contributed by atoms with Crippen LogP contribution in [-0.4, -0.2) is 72.5 Å². The molecule has 0 radical (unpaired) electrons. The van der Waals surface area contributed by atoms with Crippen molar-refractivity contribution >= 4 is 30.1 Å². The SMILES string of the molecule is COC(=O)[C@@H](C)CN(C=O)C(=O)NC(=Nc1ccc(OC(C)C(F)F)c(C)c1)N(C)Cc1ccc(O)cc1. The summed E-state index contributed by atoms with van der Waals surface area (Å²) in [6.45, 7) is 4.51. The number of phenols is 1. The van der Waals surface area contributed by atoms with Crippen LogP contribution >= 0.6 is 0 Å². The summed E-state index contributed by atoms with van der Waals surface area (Å²) in [6.07, 6.45) is -3.64. The molecular weight excluding hydrogens is 502 g/mol. The fraction of sp³-hybridized carbons (Fsp3) is 0.385. The maximum atomic E-state index is 12.9. The molecule has 0 saturated carbocycles. The number of urea groups is 1. The molecule has 10 nitrogen and oxygen atoms in total. The number of phenolic OH excluding ortho intramolecular Hbond substituents is 1. The second kappa shape index (κ2) is 13.9. The van der Waals surface area contributed by atoms with E-state index in [1.54, 1.807) is 37.1 Å². The van der Waals surface area contributed by atoms with Gasteiger partial charge < -0.3 is 19.5 Å². The number of aromatic hydroxyl groups is 1. The number of guanidine groups is 1. The van der Waals surface area contributed by atoms with E-state index in [-0.39, 0.29) is 30.5 Å².